The SMILES string of the molecule is NC(=O)CC[C@H](N)C(=O)O.NCCCC[C@H](N)C(=O)O. The number of carboxylic acids is 2. The average Bonchev–Trinajstić information content (AvgIpc) is 2.36. The van der Waals surface area contributed by atoms with E-state index in [0.717, 1.165) is 12.8 Å². The molecule has 0 bridgehead atoms. The summed E-state index contributed by atoms with van der Waals surface area (Å²) in [7, 11) is 0. The molecule has 0 saturated carbocycles. The van der Waals surface area contributed by atoms with Gasteiger partial charge in [0.2, 0.25) is 5.91 Å². The first-order valence-corrected chi connectivity index (χ1v) is 6.17. The van der Waals surface area contributed by atoms with Crippen LogP contribution in [-0.2, 0) is 14.4 Å². The molecule has 1 amide bonds. The number of primary amides is 1. The van der Waals surface area contributed by atoms with Crippen molar-refractivity contribution in [1.82, 2.24) is 0 Å². The van der Waals surface area contributed by atoms with Gasteiger partial charge in [-0.25, -0.2) is 0 Å². The lowest BCUT2D eigenvalue weighted by molar-refractivity contribution is -0.139. The first-order valence-electron chi connectivity index (χ1n) is 6.17. The number of aliphatic carboxylic acids is 2. The topological polar surface area (TPSA) is 196 Å². The van der Waals surface area contributed by atoms with E-state index in [1.54, 1.807) is 0 Å². The van der Waals surface area contributed by atoms with Crippen molar-refractivity contribution in [3.63, 3.8) is 0 Å². The summed E-state index contributed by atoms with van der Waals surface area (Å²) < 4.78 is 0. The predicted molar refractivity (Wildman–Crippen MR) is 72.6 cm³/mol. The van der Waals surface area contributed by atoms with Crippen molar-refractivity contribution in [2.45, 2.75) is 44.2 Å². The molecule has 0 unspecified atom stereocenters. The third-order valence-corrected chi connectivity index (χ3v) is 2.31. The number of carbonyl (C=O) groups excluding carboxylic acids is 1. The van der Waals surface area contributed by atoms with Gasteiger partial charge in [-0.3, -0.25) is 14.4 Å². The Bertz CT molecular complexity index is 311. The summed E-state index contributed by atoms with van der Waals surface area (Å²) >= 11 is 0. The summed E-state index contributed by atoms with van der Waals surface area (Å²) in [4.78, 5) is 30.3. The van der Waals surface area contributed by atoms with Crippen LogP contribution in [0, 0.1) is 0 Å². The van der Waals surface area contributed by atoms with Crippen molar-refractivity contribution in [1.29, 1.82) is 0 Å². The number of carbonyl (C=O) groups is 3. The minimum absolute atomic E-state index is 0.0213. The highest BCUT2D eigenvalue weighted by molar-refractivity contribution is 5.77. The second-order valence-corrected chi connectivity index (χ2v) is 4.18. The molecule has 0 aromatic carbocycles. The van der Waals surface area contributed by atoms with Crippen LogP contribution in [0.25, 0.3) is 0 Å². The number of unbranched alkanes of at least 4 members (excludes halogenated alkanes) is 1. The van der Waals surface area contributed by atoms with Crippen molar-refractivity contribution in [2.75, 3.05) is 6.54 Å². The van der Waals surface area contributed by atoms with Crippen LogP contribution in [-0.4, -0.2) is 46.7 Å². The molecule has 0 aliphatic heterocycles. The summed E-state index contributed by atoms with van der Waals surface area (Å²) in [6.07, 6.45) is 2.29. The Balaban J connectivity index is 0. The van der Waals surface area contributed by atoms with Gasteiger partial charge < -0.3 is 33.1 Å². The van der Waals surface area contributed by atoms with E-state index >= 15 is 0 Å². The summed E-state index contributed by atoms with van der Waals surface area (Å²) in [6, 6.07) is -1.70. The molecule has 20 heavy (non-hydrogen) atoms. The Labute approximate surface area is 117 Å². The zero-order valence-electron chi connectivity index (χ0n) is 11.3. The first kappa shape index (κ1) is 20.6. The van der Waals surface area contributed by atoms with Gasteiger partial charge in [-0.1, -0.05) is 6.42 Å². The molecular weight excluding hydrogens is 268 g/mol. The van der Waals surface area contributed by atoms with Crippen LogP contribution in [0.2, 0.25) is 0 Å². The van der Waals surface area contributed by atoms with Gasteiger partial charge >= 0.3 is 11.9 Å². The summed E-state index contributed by atoms with van der Waals surface area (Å²) in [5.41, 5.74) is 20.2. The van der Waals surface area contributed by atoms with E-state index in [2.05, 4.69) is 0 Å². The fourth-order valence-corrected chi connectivity index (χ4v) is 1.05. The van der Waals surface area contributed by atoms with Crippen LogP contribution in [0.4, 0.5) is 0 Å². The highest BCUT2D eigenvalue weighted by atomic mass is 16.4. The summed E-state index contributed by atoms with van der Waals surface area (Å²) in [5.74, 6) is -2.57. The number of hydrogen-bond acceptors (Lipinski definition) is 6. The maximum atomic E-state index is 10.1. The maximum absolute atomic E-state index is 10.1. The van der Waals surface area contributed by atoms with Gasteiger partial charge in [0.1, 0.15) is 12.1 Å². The van der Waals surface area contributed by atoms with Crippen LogP contribution in [0.15, 0.2) is 0 Å². The Kier molecular flexibility index (Phi) is 12.7. The fourth-order valence-electron chi connectivity index (χ4n) is 1.05. The highest BCUT2D eigenvalue weighted by Gasteiger charge is 2.11. The number of nitrogens with two attached hydrogens (primary N) is 4. The molecule has 10 N–H and O–H groups in total. The van der Waals surface area contributed by atoms with E-state index < -0.39 is 29.9 Å². The molecule has 0 radical (unpaired) electrons. The molecule has 0 aromatic rings. The lowest BCUT2D eigenvalue weighted by Crippen LogP contribution is -2.31. The Morgan fingerprint density at radius 1 is 0.900 bits per heavy atom. The zero-order chi connectivity index (χ0) is 16.1. The lowest BCUT2D eigenvalue weighted by Gasteiger charge is -2.03. The molecule has 0 fully saturated rings. The lowest BCUT2D eigenvalue weighted by atomic mass is 10.1. The van der Waals surface area contributed by atoms with E-state index in [-0.39, 0.29) is 12.8 Å². The van der Waals surface area contributed by atoms with E-state index in [9.17, 15) is 14.4 Å². The molecule has 9 nitrogen and oxygen atoms in total. The standard InChI is InChI=1S/C6H14N2O2.C5H10N2O3/c7-4-2-1-3-5(8)6(9)10;6-3(5(9)10)1-2-4(7)8/h5H,1-4,7-8H2,(H,9,10);3H,1-2,6H2,(H2,7,8)(H,9,10)/t5-;3-/m00/s1. The molecule has 0 aliphatic carbocycles. The Hall–Kier alpha value is -1.71. The van der Waals surface area contributed by atoms with E-state index in [0.29, 0.717) is 13.0 Å². The van der Waals surface area contributed by atoms with E-state index in [1.165, 1.54) is 0 Å². The molecule has 0 spiro atoms. The smallest absolute Gasteiger partial charge is 0.320 e. The van der Waals surface area contributed by atoms with Crippen molar-refractivity contribution in [3.8, 4) is 0 Å². The van der Waals surface area contributed by atoms with E-state index in [1.807, 2.05) is 0 Å². The van der Waals surface area contributed by atoms with Gasteiger partial charge in [0.05, 0.1) is 0 Å². The summed E-state index contributed by atoms with van der Waals surface area (Å²) in [5, 5.41) is 16.5. The number of hydrogen-bond donors (Lipinski definition) is 6. The Morgan fingerprint density at radius 3 is 1.70 bits per heavy atom. The maximum Gasteiger partial charge on any atom is 0.320 e. The quantitative estimate of drug-likeness (QED) is 0.267. The van der Waals surface area contributed by atoms with Gasteiger partial charge in [0.15, 0.2) is 0 Å². The van der Waals surface area contributed by atoms with Crippen LogP contribution >= 0.6 is 0 Å². The van der Waals surface area contributed by atoms with Gasteiger partial charge in [-0.2, -0.15) is 0 Å². The van der Waals surface area contributed by atoms with Crippen molar-refractivity contribution < 1.29 is 24.6 Å². The molecule has 0 heterocycles. The molecule has 0 aliphatic rings. The molecular formula is C11H24N4O5. The second-order valence-electron chi connectivity index (χ2n) is 4.18. The number of rotatable bonds is 9. The third-order valence-electron chi connectivity index (χ3n) is 2.31. The molecule has 9 heteroatoms. The van der Waals surface area contributed by atoms with Crippen LogP contribution in [0.1, 0.15) is 32.1 Å². The monoisotopic (exact) mass is 292 g/mol. The number of carboxylic acid groups (broad SMARTS) is 2. The molecule has 0 aromatic heterocycles. The molecule has 0 saturated heterocycles. The zero-order valence-corrected chi connectivity index (χ0v) is 11.3. The molecule has 2 atom stereocenters. The Morgan fingerprint density at radius 2 is 1.35 bits per heavy atom. The summed E-state index contributed by atoms with van der Waals surface area (Å²) in [6.45, 7) is 0.604. The average molecular weight is 292 g/mol. The highest BCUT2D eigenvalue weighted by Crippen LogP contribution is 1.97. The van der Waals surface area contributed by atoms with Crippen LogP contribution in [0.5, 0.6) is 0 Å². The van der Waals surface area contributed by atoms with Crippen LogP contribution in [0.3, 0.4) is 0 Å². The van der Waals surface area contributed by atoms with Crippen molar-refractivity contribution in [3.05, 3.63) is 0 Å². The van der Waals surface area contributed by atoms with Gasteiger partial charge in [-0.05, 0) is 25.8 Å². The minimum Gasteiger partial charge on any atom is -0.480 e. The van der Waals surface area contributed by atoms with Gasteiger partial charge in [0.25, 0.3) is 0 Å². The fraction of sp³-hybridized carbons (Fsp3) is 0.727. The van der Waals surface area contributed by atoms with Gasteiger partial charge in [0, 0.05) is 6.42 Å². The number of amides is 1. The van der Waals surface area contributed by atoms with Crippen LogP contribution < -0.4 is 22.9 Å². The first-order chi connectivity index (χ1) is 9.22. The third kappa shape index (κ3) is 14.4. The van der Waals surface area contributed by atoms with Crippen molar-refractivity contribution >= 4 is 17.8 Å². The second kappa shape index (κ2) is 12.3. The van der Waals surface area contributed by atoms with E-state index in [4.69, 9.17) is 33.1 Å². The van der Waals surface area contributed by atoms with Gasteiger partial charge in [-0.15, -0.1) is 0 Å². The predicted octanol–water partition coefficient (Wildman–Crippen LogP) is -1.81. The van der Waals surface area contributed by atoms with Crippen molar-refractivity contribution in [2.24, 2.45) is 22.9 Å². The minimum atomic E-state index is -1.11. The molecule has 118 valence electrons. The largest absolute Gasteiger partial charge is 0.480 e. The normalized spacial score (nSPS) is 12.8. The molecule has 0 rings (SSSR count).